The molecule has 4 heteroatoms. The molecular formula is C14H28N2O2. The van der Waals surface area contributed by atoms with Gasteiger partial charge in [-0.1, -0.05) is 27.2 Å². The van der Waals surface area contributed by atoms with Crippen molar-refractivity contribution in [1.29, 1.82) is 0 Å². The lowest BCUT2D eigenvalue weighted by molar-refractivity contribution is -0.164. The number of ether oxygens (including phenoxy) is 1. The first-order valence-electron chi connectivity index (χ1n) is 7.00. The van der Waals surface area contributed by atoms with Crippen LogP contribution >= 0.6 is 0 Å². The molecule has 1 aliphatic rings. The van der Waals surface area contributed by atoms with Crippen LogP contribution < -0.4 is 5.73 Å². The zero-order valence-corrected chi connectivity index (χ0v) is 12.4. The number of nitrogens with zero attached hydrogens (tertiary/aromatic N) is 1. The summed E-state index contributed by atoms with van der Waals surface area (Å²) in [5.74, 6) is 0.0601. The van der Waals surface area contributed by atoms with Gasteiger partial charge in [0.2, 0.25) is 5.91 Å². The van der Waals surface area contributed by atoms with Gasteiger partial charge in [-0.05, 0) is 19.8 Å². The highest BCUT2D eigenvalue weighted by Crippen LogP contribution is 2.45. The first-order valence-corrected chi connectivity index (χ1v) is 7.00. The standard InChI is InChI=1S/C14H28N2O2/c1-6-8-10(15)13(17)16(5)11-9-12(18-7-2)14(11,3)4/h10-12H,6-9,15H2,1-5H3. The molecule has 2 N–H and O–H groups in total. The van der Waals surface area contributed by atoms with E-state index in [9.17, 15) is 4.79 Å². The van der Waals surface area contributed by atoms with E-state index in [0.717, 1.165) is 25.9 Å². The van der Waals surface area contributed by atoms with Crippen LogP contribution in [-0.2, 0) is 9.53 Å². The van der Waals surface area contributed by atoms with Crippen LogP contribution in [0.15, 0.2) is 0 Å². The minimum Gasteiger partial charge on any atom is -0.378 e. The van der Waals surface area contributed by atoms with E-state index in [1.807, 2.05) is 25.8 Å². The molecule has 0 aromatic rings. The topological polar surface area (TPSA) is 55.6 Å². The van der Waals surface area contributed by atoms with Crippen molar-refractivity contribution in [2.45, 2.75) is 65.1 Å². The van der Waals surface area contributed by atoms with Crippen molar-refractivity contribution in [2.24, 2.45) is 11.1 Å². The van der Waals surface area contributed by atoms with Gasteiger partial charge in [0.15, 0.2) is 0 Å². The molecule has 3 atom stereocenters. The van der Waals surface area contributed by atoms with Crippen LogP contribution in [0.25, 0.3) is 0 Å². The second-order valence-corrected chi connectivity index (χ2v) is 5.86. The van der Waals surface area contributed by atoms with E-state index in [4.69, 9.17) is 10.5 Å². The average Bonchev–Trinajstić information content (AvgIpc) is 2.32. The van der Waals surface area contributed by atoms with Crippen molar-refractivity contribution in [3.05, 3.63) is 0 Å². The maximum absolute atomic E-state index is 12.2. The normalized spacial score (nSPS) is 27.4. The predicted octanol–water partition coefficient (Wildman–Crippen LogP) is 1.78. The summed E-state index contributed by atoms with van der Waals surface area (Å²) in [7, 11) is 1.87. The summed E-state index contributed by atoms with van der Waals surface area (Å²) in [5.41, 5.74) is 5.92. The first-order chi connectivity index (χ1) is 8.36. The molecule has 4 nitrogen and oxygen atoms in total. The maximum Gasteiger partial charge on any atom is 0.239 e. The zero-order chi connectivity index (χ0) is 13.9. The van der Waals surface area contributed by atoms with Crippen molar-refractivity contribution in [3.63, 3.8) is 0 Å². The van der Waals surface area contributed by atoms with Gasteiger partial charge in [-0.2, -0.15) is 0 Å². The van der Waals surface area contributed by atoms with E-state index >= 15 is 0 Å². The van der Waals surface area contributed by atoms with Gasteiger partial charge >= 0.3 is 0 Å². The largest absolute Gasteiger partial charge is 0.378 e. The molecule has 1 fully saturated rings. The summed E-state index contributed by atoms with van der Waals surface area (Å²) in [4.78, 5) is 14.0. The van der Waals surface area contributed by atoms with Crippen molar-refractivity contribution < 1.29 is 9.53 Å². The van der Waals surface area contributed by atoms with Crippen molar-refractivity contribution in [3.8, 4) is 0 Å². The molecule has 0 spiro atoms. The molecular weight excluding hydrogens is 228 g/mol. The van der Waals surface area contributed by atoms with Gasteiger partial charge in [-0.15, -0.1) is 0 Å². The quantitative estimate of drug-likeness (QED) is 0.788. The summed E-state index contributed by atoms with van der Waals surface area (Å²) in [6, 6.07) is -0.119. The second-order valence-electron chi connectivity index (χ2n) is 5.86. The van der Waals surface area contributed by atoms with Crippen molar-refractivity contribution in [1.82, 2.24) is 4.90 Å². The number of rotatable bonds is 6. The van der Waals surface area contributed by atoms with Gasteiger partial charge in [-0.25, -0.2) is 0 Å². The van der Waals surface area contributed by atoms with E-state index in [2.05, 4.69) is 13.8 Å². The molecule has 0 radical (unpaired) electrons. The lowest BCUT2D eigenvalue weighted by Crippen LogP contribution is -2.64. The molecule has 0 bridgehead atoms. The summed E-state index contributed by atoms with van der Waals surface area (Å²) in [6.45, 7) is 9.11. The third kappa shape index (κ3) is 2.86. The van der Waals surface area contributed by atoms with Crippen LogP contribution in [0, 0.1) is 5.41 Å². The number of carbonyl (C=O) groups is 1. The Morgan fingerprint density at radius 1 is 1.50 bits per heavy atom. The van der Waals surface area contributed by atoms with Gasteiger partial charge in [0, 0.05) is 25.1 Å². The number of hydrogen-bond donors (Lipinski definition) is 1. The fraction of sp³-hybridized carbons (Fsp3) is 0.929. The van der Waals surface area contributed by atoms with Gasteiger partial charge in [0.05, 0.1) is 12.1 Å². The first kappa shape index (κ1) is 15.4. The summed E-state index contributed by atoms with van der Waals surface area (Å²) >= 11 is 0. The molecule has 0 heterocycles. The van der Waals surface area contributed by atoms with Crippen LogP contribution in [0.1, 0.15) is 47.0 Å². The molecule has 0 saturated heterocycles. The van der Waals surface area contributed by atoms with E-state index in [1.54, 1.807) is 0 Å². The van der Waals surface area contributed by atoms with Gasteiger partial charge in [0.25, 0.3) is 0 Å². The highest BCUT2D eigenvalue weighted by molar-refractivity contribution is 5.81. The fourth-order valence-corrected chi connectivity index (χ4v) is 2.86. The smallest absolute Gasteiger partial charge is 0.239 e. The molecule has 0 aromatic heterocycles. The average molecular weight is 256 g/mol. The monoisotopic (exact) mass is 256 g/mol. The van der Waals surface area contributed by atoms with Crippen molar-refractivity contribution in [2.75, 3.05) is 13.7 Å². The van der Waals surface area contributed by atoms with Crippen LogP contribution in [0.4, 0.5) is 0 Å². The number of nitrogens with two attached hydrogens (primary N) is 1. The van der Waals surface area contributed by atoms with Crippen molar-refractivity contribution >= 4 is 5.91 Å². The van der Waals surface area contributed by atoms with Crippen LogP contribution in [0.2, 0.25) is 0 Å². The summed E-state index contributed by atoms with van der Waals surface area (Å²) < 4.78 is 5.69. The van der Waals surface area contributed by atoms with Crippen LogP contribution in [0.5, 0.6) is 0 Å². The van der Waals surface area contributed by atoms with E-state index in [0.29, 0.717) is 0 Å². The molecule has 1 aliphatic carbocycles. The van der Waals surface area contributed by atoms with Crippen LogP contribution in [-0.4, -0.2) is 42.6 Å². The molecule has 0 aromatic carbocycles. The highest BCUT2D eigenvalue weighted by atomic mass is 16.5. The van der Waals surface area contributed by atoms with Gasteiger partial charge < -0.3 is 15.4 Å². The molecule has 106 valence electrons. The Labute approximate surface area is 111 Å². The minimum absolute atomic E-state index is 0.0202. The van der Waals surface area contributed by atoms with E-state index in [1.165, 1.54) is 0 Å². The molecule has 3 unspecified atom stereocenters. The highest BCUT2D eigenvalue weighted by Gasteiger charge is 2.52. The Morgan fingerprint density at radius 2 is 2.11 bits per heavy atom. The second kappa shape index (κ2) is 6.02. The number of likely N-dealkylation sites (N-methyl/N-ethyl adjacent to an activating group) is 1. The predicted molar refractivity (Wildman–Crippen MR) is 73.3 cm³/mol. The Hall–Kier alpha value is -0.610. The summed E-state index contributed by atoms with van der Waals surface area (Å²) in [6.07, 6.45) is 2.87. The van der Waals surface area contributed by atoms with Crippen LogP contribution in [0.3, 0.4) is 0 Å². The Kier molecular flexibility index (Phi) is 5.17. The maximum atomic E-state index is 12.2. The van der Waals surface area contributed by atoms with Gasteiger partial charge in [-0.3, -0.25) is 4.79 Å². The third-order valence-electron chi connectivity index (χ3n) is 4.23. The van der Waals surface area contributed by atoms with Gasteiger partial charge in [0.1, 0.15) is 0 Å². The zero-order valence-electron chi connectivity index (χ0n) is 12.4. The lowest BCUT2D eigenvalue weighted by atomic mass is 9.63. The molecule has 0 aliphatic heterocycles. The Morgan fingerprint density at radius 3 is 2.56 bits per heavy atom. The fourth-order valence-electron chi connectivity index (χ4n) is 2.86. The van der Waals surface area contributed by atoms with E-state index < -0.39 is 0 Å². The lowest BCUT2D eigenvalue weighted by Gasteiger charge is -2.55. The molecule has 1 amide bonds. The molecule has 1 rings (SSSR count). The molecule has 1 saturated carbocycles. The number of carbonyl (C=O) groups excluding carboxylic acids is 1. The number of hydrogen-bond acceptors (Lipinski definition) is 3. The molecule has 18 heavy (non-hydrogen) atoms. The Bertz CT molecular complexity index is 292. The SMILES string of the molecule is CCCC(N)C(=O)N(C)C1CC(OCC)C1(C)C. The van der Waals surface area contributed by atoms with E-state index in [-0.39, 0.29) is 29.5 Å². The Balaban J connectivity index is 2.59. The number of amides is 1. The summed E-state index contributed by atoms with van der Waals surface area (Å²) in [5, 5.41) is 0. The minimum atomic E-state index is -0.359. The third-order valence-corrected chi connectivity index (χ3v) is 4.23.